The summed E-state index contributed by atoms with van der Waals surface area (Å²) >= 11 is 0. The van der Waals surface area contributed by atoms with Crippen LogP contribution in [-0.2, 0) is 0 Å². The molecule has 2 aromatic carbocycles. The fourth-order valence-electron chi connectivity index (χ4n) is 11.4. The minimum absolute atomic E-state index is 0.338. The molecule has 2 aromatic heterocycles. The van der Waals surface area contributed by atoms with Crippen LogP contribution in [0.25, 0.3) is 21.8 Å². The monoisotopic (exact) mass is 1020 g/mol. The third-order valence-corrected chi connectivity index (χ3v) is 16.0. The molecule has 2 N–H and O–H groups in total. The lowest BCUT2D eigenvalue weighted by atomic mass is 10.0. The molecule has 74 heavy (non-hydrogen) atoms. The van der Waals surface area contributed by atoms with Gasteiger partial charge in [-0.15, -0.1) is 0 Å². The van der Waals surface area contributed by atoms with Gasteiger partial charge in [0.15, 0.2) is 0 Å². The first-order valence-corrected chi connectivity index (χ1v) is 28.0. The molecule has 0 amide bonds. The summed E-state index contributed by atoms with van der Waals surface area (Å²) in [6.07, 6.45) is 10.5. The van der Waals surface area contributed by atoms with Gasteiger partial charge in [0.1, 0.15) is 35.5 Å². The number of hydrogen-bond donors (Lipinski definition) is 2. The SMILES string of the molecule is COc1cc2c(NC3CCN(C(C)C)CC3)nc(N3CC[C@H](F)C3)nc2cc1C#CCCN1CCCC1.COc1cc2c(NC3CCN(C(C)C)CC3)nc(N3CC[C@H](F)C3)nc2cc1C#CCCN1CCCC1. The number of fused-ring (bicyclic) bond motifs is 2. The predicted octanol–water partition coefficient (Wildman–Crippen LogP) is 8.62. The molecular formula is C58H82F2N12O2. The quantitative estimate of drug-likeness (QED) is 0.118. The minimum atomic E-state index is -0.830. The van der Waals surface area contributed by atoms with E-state index in [2.05, 4.69) is 81.6 Å². The molecule has 6 saturated heterocycles. The Kier molecular flexibility index (Phi) is 18.5. The van der Waals surface area contributed by atoms with E-state index in [9.17, 15) is 8.78 Å². The van der Waals surface area contributed by atoms with E-state index in [1.165, 1.54) is 51.9 Å². The number of halogens is 2. The third kappa shape index (κ3) is 13.8. The molecule has 16 heteroatoms. The van der Waals surface area contributed by atoms with E-state index in [1.807, 2.05) is 34.1 Å². The van der Waals surface area contributed by atoms with Gasteiger partial charge >= 0.3 is 0 Å². The summed E-state index contributed by atoms with van der Waals surface area (Å²) < 4.78 is 39.6. The van der Waals surface area contributed by atoms with Crippen LogP contribution in [0.5, 0.6) is 11.5 Å². The van der Waals surface area contributed by atoms with Crippen molar-refractivity contribution in [2.24, 2.45) is 0 Å². The zero-order valence-corrected chi connectivity index (χ0v) is 45.2. The van der Waals surface area contributed by atoms with Crippen LogP contribution in [0.3, 0.4) is 0 Å². The first-order chi connectivity index (χ1) is 36.0. The van der Waals surface area contributed by atoms with Crippen LogP contribution in [0.1, 0.15) is 116 Å². The Bertz CT molecular complexity index is 2440. The van der Waals surface area contributed by atoms with Crippen molar-refractivity contribution < 1.29 is 18.3 Å². The van der Waals surface area contributed by atoms with E-state index < -0.39 is 12.3 Å². The molecule has 0 unspecified atom stereocenters. The van der Waals surface area contributed by atoms with Crippen molar-refractivity contribution in [2.45, 2.75) is 141 Å². The summed E-state index contributed by atoms with van der Waals surface area (Å²) in [5.74, 6) is 17.6. The van der Waals surface area contributed by atoms with Gasteiger partial charge < -0.3 is 49.5 Å². The number of piperidine rings is 2. The average Bonchev–Trinajstić information content (AvgIpc) is 4.27. The lowest BCUT2D eigenvalue weighted by molar-refractivity contribution is 0.177. The lowest BCUT2D eigenvalue weighted by Crippen LogP contribution is -2.42. The van der Waals surface area contributed by atoms with Gasteiger partial charge in [-0.1, -0.05) is 23.7 Å². The topological polar surface area (TPSA) is 114 Å². The fourth-order valence-corrected chi connectivity index (χ4v) is 11.4. The number of benzene rings is 2. The van der Waals surface area contributed by atoms with E-state index in [0.29, 0.717) is 75.1 Å². The summed E-state index contributed by atoms with van der Waals surface area (Å²) in [5.41, 5.74) is 3.31. The maximum atomic E-state index is 14.0. The minimum Gasteiger partial charge on any atom is -0.495 e. The van der Waals surface area contributed by atoms with Crippen molar-refractivity contribution in [3.8, 4) is 35.2 Å². The molecule has 2 atom stereocenters. The first-order valence-electron chi connectivity index (χ1n) is 28.0. The molecular weight excluding hydrogens is 935 g/mol. The third-order valence-electron chi connectivity index (χ3n) is 16.0. The number of likely N-dealkylation sites (tertiary alicyclic amines) is 4. The first kappa shape index (κ1) is 53.6. The van der Waals surface area contributed by atoms with Crippen LogP contribution in [0, 0.1) is 23.7 Å². The molecule has 6 fully saturated rings. The van der Waals surface area contributed by atoms with Gasteiger partial charge in [-0.05, 0) is 142 Å². The zero-order valence-electron chi connectivity index (χ0n) is 45.2. The number of hydrogen-bond acceptors (Lipinski definition) is 14. The normalized spacial score (nSPS) is 21.5. The van der Waals surface area contributed by atoms with E-state index >= 15 is 0 Å². The Morgan fingerprint density at radius 1 is 0.541 bits per heavy atom. The molecule has 8 heterocycles. The van der Waals surface area contributed by atoms with Crippen LogP contribution in [0.15, 0.2) is 24.3 Å². The van der Waals surface area contributed by atoms with Crippen molar-refractivity contribution in [3.05, 3.63) is 35.4 Å². The van der Waals surface area contributed by atoms with Crippen LogP contribution >= 0.6 is 0 Å². The smallest absolute Gasteiger partial charge is 0.227 e. The van der Waals surface area contributed by atoms with Crippen molar-refractivity contribution >= 4 is 45.3 Å². The van der Waals surface area contributed by atoms with Crippen LogP contribution < -0.4 is 29.9 Å². The maximum Gasteiger partial charge on any atom is 0.227 e. The molecule has 0 bridgehead atoms. The molecule has 10 rings (SSSR count). The van der Waals surface area contributed by atoms with Crippen LogP contribution in [-0.4, -0.2) is 182 Å². The van der Waals surface area contributed by atoms with Crippen LogP contribution in [0.2, 0.25) is 0 Å². The van der Waals surface area contributed by atoms with E-state index in [-0.39, 0.29) is 0 Å². The maximum absolute atomic E-state index is 14.0. The number of ether oxygens (including phenoxy) is 2. The Balaban J connectivity index is 0.000000182. The zero-order chi connectivity index (χ0) is 51.6. The van der Waals surface area contributed by atoms with Crippen LogP contribution in [0.4, 0.5) is 32.3 Å². The summed E-state index contributed by atoms with van der Waals surface area (Å²) in [6.45, 7) is 22.0. The molecule has 0 saturated carbocycles. The standard InChI is InChI=1S/2C29H41FN6O/c2*1-21(2)35-16-10-24(11-17-35)31-28-25-19-27(37-3)22(8-4-5-12-34-13-6-7-14-34)18-26(25)32-29(33-28)36-15-9-23(30)20-36/h2*18-19,21,23-24H,5-7,9-17,20H2,1-3H3,(H,31,32,33)/t2*23-/m00/s1. The molecule has 0 radical (unpaired) electrons. The Morgan fingerprint density at radius 2 is 0.932 bits per heavy atom. The predicted molar refractivity (Wildman–Crippen MR) is 297 cm³/mol. The number of rotatable bonds is 14. The number of nitrogens with zero attached hydrogens (tertiary/aromatic N) is 10. The highest BCUT2D eigenvalue weighted by Crippen LogP contribution is 2.35. The van der Waals surface area contributed by atoms with Crippen molar-refractivity contribution in [1.29, 1.82) is 0 Å². The second-order valence-electron chi connectivity index (χ2n) is 21.8. The number of methoxy groups -OCH3 is 2. The van der Waals surface area contributed by atoms with E-state index in [0.717, 1.165) is 134 Å². The Morgan fingerprint density at radius 3 is 1.27 bits per heavy atom. The highest BCUT2D eigenvalue weighted by Gasteiger charge is 2.29. The second kappa shape index (κ2) is 25.5. The van der Waals surface area contributed by atoms with Crippen molar-refractivity contribution in [1.82, 2.24) is 39.5 Å². The van der Waals surface area contributed by atoms with Gasteiger partial charge in [0.05, 0.1) is 49.5 Å². The van der Waals surface area contributed by atoms with Crippen molar-refractivity contribution in [3.63, 3.8) is 0 Å². The lowest BCUT2D eigenvalue weighted by Gasteiger charge is -2.35. The number of anilines is 4. The summed E-state index contributed by atoms with van der Waals surface area (Å²) in [4.78, 5) is 33.5. The molecule has 4 aromatic rings. The second-order valence-corrected chi connectivity index (χ2v) is 21.8. The van der Waals surface area contributed by atoms with Gasteiger partial charge in [-0.3, -0.25) is 0 Å². The summed E-state index contributed by atoms with van der Waals surface area (Å²) in [5, 5.41) is 9.28. The molecule has 6 aliphatic heterocycles. The molecule has 0 aliphatic carbocycles. The summed E-state index contributed by atoms with van der Waals surface area (Å²) in [7, 11) is 3.37. The van der Waals surface area contributed by atoms with Gasteiger partial charge in [0, 0.05) is 100 Å². The number of aromatic nitrogens is 4. The fraction of sp³-hybridized carbons (Fsp3) is 0.655. The largest absolute Gasteiger partial charge is 0.495 e. The van der Waals surface area contributed by atoms with E-state index in [1.54, 1.807) is 14.2 Å². The van der Waals surface area contributed by atoms with Gasteiger partial charge in [-0.2, -0.15) is 9.97 Å². The number of alkyl halides is 2. The number of nitrogens with one attached hydrogen (secondary N) is 2. The highest BCUT2D eigenvalue weighted by molar-refractivity contribution is 5.94. The molecule has 0 spiro atoms. The Labute approximate surface area is 439 Å². The molecule has 400 valence electrons. The molecule has 14 nitrogen and oxygen atoms in total. The van der Waals surface area contributed by atoms with Gasteiger partial charge in [0.2, 0.25) is 11.9 Å². The summed E-state index contributed by atoms with van der Waals surface area (Å²) in [6, 6.07) is 9.85. The Hall–Kier alpha value is -5.26. The molecule has 6 aliphatic rings. The average molecular weight is 1020 g/mol. The highest BCUT2D eigenvalue weighted by atomic mass is 19.1. The van der Waals surface area contributed by atoms with E-state index in [4.69, 9.17) is 29.4 Å². The van der Waals surface area contributed by atoms with Gasteiger partial charge in [-0.25, -0.2) is 18.7 Å². The van der Waals surface area contributed by atoms with Crippen molar-refractivity contribution in [2.75, 3.05) is 126 Å². The van der Waals surface area contributed by atoms with Gasteiger partial charge in [0.25, 0.3) is 0 Å².